The lowest BCUT2D eigenvalue weighted by Gasteiger charge is -2.36. The first-order chi connectivity index (χ1) is 11.6. The SMILES string of the molecule is COc1cccc(NC(=O)NC2(C(=O)NC3CC3)CCCCC2)c1. The Balaban J connectivity index is 1.66. The second kappa shape index (κ2) is 7.11. The van der Waals surface area contributed by atoms with Gasteiger partial charge in [0, 0.05) is 17.8 Å². The molecule has 1 aromatic carbocycles. The number of anilines is 1. The van der Waals surface area contributed by atoms with Gasteiger partial charge < -0.3 is 20.7 Å². The average Bonchev–Trinajstić information content (AvgIpc) is 3.39. The Morgan fingerprint density at radius 2 is 1.92 bits per heavy atom. The molecule has 6 heteroatoms. The number of ether oxygens (including phenoxy) is 1. The van der Waals surface area contributed by atoms with Crippen molar-refractivity contribution in [1.29, 1.82) is 0 Å². The number of carbonyl (C=O) groups is 2. The second-order valence-electron chi connectivity index (χ2n) is 6.70. The van der Waals surface area contributed by atoms with E-state index in [9.17, 15) is 9.59 Å². The van der Waals surface area contributed by atoms with Gasteiger partial charge in [-0.25, -0.2) is 4.79 Å². The Morgan fingerprint density at radius 1 is 1.17 bits per heavy atom. The topological polar surface area (TPSA) is 79.5 Å². The minimum atomic E-state index is -0.788. The van der Waals surface area contributed by atoms with Crippen LogP contribution in [0.3, 0.4) is 0 Å². The monoisotopic (exact) mass is 331 g/mol. The highest BCUT2D eigenvalue weighted by Gasteiger charge is 2.42. The number of urea groups is 1. The highest BCUT2D eigenvalue weighted by molar-refractivity contribution is 5.96. The number of benzene rings is 1. The number of nitrogens with one attached hydrogen (secondary N) is 3. The molecule has 0 aromatic heterocycles. The fourth-order valence-electron chi connectivity index (χ4n) is 3.20. The molecule has 130 valence electrons. The minimum absolute atomic E-state index is 0.0366. The summed E-state index contributed by atoms with van der Waals surface area (Å²) in [6.07, 6.45) is 6.48. The third-order valence-corrected chi connectivity index (χ3v) is 4.73. The number of hydrogen-bond donors (Lipinski definition) is 3. The fourth-order valence-corrected chi connectivity index (χ4v) is 3.20. The summed E-state index contributed by atoms with van der Waals surface area (Å²) in [4.78, 5) is 25.1. The first kappa shape index (κ1) is 16.6. The highest BCUT2D eigenvalue weighted by atomic mass is 16.5. The van der Waals surface area contributed by atoms with E-state index >= 15 is 0 Å². The summed E-state index contributed by atoms with van der Waals surface area (Å²) in [6, 6.07) is 7.10. The molecule has 0 bridgehead atoms. The van der Waals surface area contributed by atoms with Crippen LogP contribution in [0.5, 0.6) is 5.75 Å². The van der Waals surface area contributed by atoms with Crippen molar-refractivity contribution in [2.45, 2.75) is 56.5 Å². The molecule has 2 aliphatic rings. The number of amides is 3. The molecule has 2 saturated carbocycles. The molecular weight excluding hydrogens is 306 g/mol. The highest BCUT2D eigenvalue weighted by Crippen LogP contribution is 2.30. The van der Waals surface area contributed by atoms with Crippen molar-refractivity contribution in [3.8, 4) is 5.75 Å². The Bertz CT molecular complexity index is 607. The van der Waals surface area contributed by atoms with Crippen molar-refractivity contribution in [2.24, 2.45) is 0 Å². The maximum atomic E-state index is 12.7. The van der Waals surface area contributed by atoms with E-state index in [1.807, 2.05) is 12.1 Å². The van der Waals surface area contributed by atoms with Gasteiger partial charge in [0.25, 0.3) is 0 Å². The van der Waals surface area contributed by atoms with Crippen LogP contribution < -0.4 is 20.7 Å². The van der Waals surface area contributed by atoms with E-state index in [4.69, 9.17) is 4.74 Å². The lowest BCUT2D eigenvalue weighted by atomic mass is 9.81. The molecule has 0 spiro atoms. The zero-order valence-electron chi connectivity index (χ0n) is 14.1. The van der Waals surface area contributed by atoms with E-state index in [0.717, 1.165) is 32.1 Å². The lowest BCUT2D eigenvalue weighted by molar-refractivity contribution is -0.128. The van der Waals surface area contributed by atoms with Crippen LogP contribution in [0, 0.1) is 0 Å². The van der Waals surface area contributed by atoms with E-state index < -0.39 is 5.54 Å². The normalized spacial score (nSPS) is 19.2. The van der Waals surface area contributed by atoms with E-state index in [0.29, 0.717) is 30.3 Å². The summed E-state index contributed by atoms with van der Waals surface area (Å²) in [6.45, 7) is 0. The molecule has 2 aliphatic carbocycles. The van der Waals surface area contributed by atoms with Crippen molar-refractivity contribution >= 4 is 17.6 Å². The van der Waals surface area contributed by atoms with Crippen LogP contribution in [-0.4, -0.2) is 30.6 Å². The summed E-state index contributed by atoms with van der Waals surface area (Å²) in [7, 11) is 1.58. The first-order valence-electron chi connectivity index (χ1n) is 8.65. The number of hydrogen-bond acceptors (Lipinski definition) is 3. The van der Waals surface area contributed by atoms with Crippen molar-refractivity contribution in [3.05, 3.63) is 24.3 Å². The third-order valence-electron chi connectivity index (χ3n) is 4.73. The Morgan fingerprint density at radius 3 is 2.58 bits per heavy atom. The molecule has 24 heavy (non-hydrogen) atoms. The zero-order chi connectivity index (χ0) is 17.0. The number of methoxy groups -OCH3 is 1. The molecule has 0 saturated heterocycles. The van der Waals surface area contributed by atoms with E-state index in [-0.39, 0.29) is 11.9 Å². The van der Waals surface area contributed by atoms with Crippen LogP contribution in [0.4, 0.5) is 10.5 Å². The van der Waals surface area contributed by atoms with E-state index in [1.165, 1.54) is 0 Å². The number of carbonyl (C=O) groups excluding carboxylic acids is 2. The molecule has 0 unspecified atom stereocenters. The minimum Gasteiger partial charge on any atom is -0.497 e. The molecule has 2 fully saturated rings. The van der Waals surface area contributed by atoms with Gasteiger partial charge in [0.2, 0.25) is 5.91 Å². The molecule has 3 N–H and O–H groups in total. The largest absolute Gasteiger partial charge is 0.497 e. The van der Waals surface area contributed by atoms with Crippen molar-refractivity contribution in [3.63, 3.8) is 0 Å². The lowest BCUT2D eigenvalue weighted by Crippen LogP contribution is -2.60. The molecule has 0 aliphatic heterocycles. The third kappa shape index (κ3) is 3.99. The molecule has 0 atom stereocenters. The van der Waals surface area contributed by atoms with Gasteiger partial charge in [0.15, 0.2) is 0 Å². The van der Waals surface area contributed by atoms with Crippen molar-refractivity contribution < 1.29 is 14.3 Å². The second-order valence-corrected chi connectivity index (χ2v) is 6.70. The molecular formula is C18H25N3O3. The summed E-state index contributed by atoms with van der Waals surface area (Å²) in [5.74, 6) is 0.636. The molecule has 1 aromatic rings. The molecule has 3 amide bonds. The Kier molecular flexibility index (Phi) is 4.92. The van der Waals surface area contributed by atoms with Gasteiger partial charge in [-0.15, -0.1) is 0 Å². The first-order valence-corrected chi connectivity index (χ1v) is 8.65. The van der Waals surface area contributed by atoms with E-state index in [1.54, 1.807) is 19.2 Å². The molecule has 0 heterocycles. The van der Waals surface area contributed by atoms with Crippen LogP contribution >= 0.6 is 0 Å². The van der Waals surface area contributed by atoms with Crippen LogP contribution in [0.15, 0.2) is 24.3 Å². The van der Waals surface area contributed by atoms with Crippen LogP contribution in [0.25, 0.3) is 0 Å². The summed E-state index contributed by atoms with van der Waals surface area (Å²) in [5.41, 5.74) is -0.149. The Labute approximate surface area is 142 Å². The quantitative estimate of drug-likeness (QED) is 0.776. The fraction of sp³-hybridized carbons (Fsp3) is 0.556. The van der Waals surface area contributed by atoms with Crippen LogP contribution in [0.2, 0.25) is 0 Å². The predicted molar refractivity (Wildman–Crippen MR) is 92.1 cm³/mol. The zero-order valence-corrected chi connectivity index (χ0v) is 14.1. The van der Waals surface area contributed by atoms with Gasteiger partial charge in [-0.1, -0.05) is 25.3 Å². The number of rotatable bonds is 5. The van der Waals surface area contributed by atoms with Gasteiger partial charge in [-0.2, -0.15) is 0 Å². The predicted octanol–water partition coefficient (Wildman–Crippen LogP) is 2.80. The van der Waals surface area contributed by atoms with Crippen molar-refractivity contribution in [2.75, 3.05) is 12.4 Å². The van der Waals surface area contributed by atoms with Gasteiger partial charge in [-0.05, 0) is 37.8 Å². The smallest absolute Gasteiger partial charge is 0.320 e. The Hall–Kier alpha value is -2.24. The van der Waals surface area contributed by atoms with Crippen LogP contribution in [0.1, 0.15) is 44.9 Å². The van der Waals surface area contributed by atoms with E-state index in [2.05, 4.69) is 16.0 Å². The van der Waals surface area contributed by atoms with Gasteiger partial charge in [0.1, 0.15) is 11.3 Å². The maximum absolute atomic E-state index is 12.7. The average molecular weight is 331 g/mol. The summed E-state index contributed by atoms with van der Waals surface area (Å²) >= 11 is 0. The van der Waals surface area contributed by atoms with Crippen molar-refractivity contribution in [1.82, 2.24) is 10.6 Å². The van der Waals surface area contributed by atoms with Gasteiger partial charge in [0.05, 0.1) is 7.11 Å². The van der Waals surface area contributed by atoms with Gasteiger partial charge in [-0.3, -0.25) is 4.79 Å². The standard InChI is InChI=1S/C18H25N3O3/c1-24-15-7-5-6-14(12-15)20-17(23)21-18(10-3-2-4-11-18)16(22)19-13-8-9-13/h5-7,12-13H,2-4,8-11H2,1H3,(H,19,22)(H2,20,21,23). The molecule has 3 rings (SSSR count). The molecule has 6 nitrogen and oxygen atoms in total. The maximum Gasteiger partial charge on any atom is 0.320 e. The molecule has 0 radical (unpaired) electrons. The summed E-state index contributed by atoms with van der Waals surface area (Å²) < 4.78 is 5.16. The van der Waals surface area contributed by atoms with Crippen LogP contribution in [-0.2, 0) is 4.79 Å². The van der Waals surface area contributed by atoms with Gasteiger partial charge >= 0.3 is 6.03 Å². The summed E-state index contributed by atoms with van der Waals surface area (Å²) in [5, 5.41) is 8.80.